The monoisotopic (exact) mass is 389 g/mol. The van der Waals surface area contributed by atoms with Crippen LogP contribution in [0.15, 0.2) is 23.2 Å². The van der Waals surface area contributed by atoms with Crippen molar-refractivity contribution in [2.24, 2.45) is 5.92 Å². The highest BCUT2D eigenvalue weighted by molar-refractivity contribution is 7.89. The number of carbonyl (C=O) groups is 1. The zero-order chi connectivity index (χ0) is 18.4. The molecule has 1 fully saturated rings. The summed E-state index contributed by atoms with van der Waals surface area (Å²) in [6.45, 7) is 1.85. The summed E-state index contributed by atoms with van der Waals surface area (Å²) in [6, 6.07) is 3.00. The predicted octanol–water partition coefficient (Wildman–Crippen LogP) is 1.63. The number of ether oxygens (including phenoxy) is 1. The van der Waals surface area contributed by atoms with E-state index in [1.165, 1.54) is 16.6 Å². The molecule has 9 heteroatoms. The molecule has 1 saturated heterocycles. The van der Waals surface area contributed by atoms with Crippen molar-refractivity contribution in [3.63, 3.8) is 0 Å². The third-order valence-electron chi connectivity index (χ3n) is 4.36. The number of pyridine rings is 1. The van der Waals surface area contributed by atoms with Crippen LogP contribution >= 0.6 is 11.6 Å². The van der Waals surface area contributed by atoms with Gasteiger partial charge in [0.2, 0.25) is 15.9 Å². The third kappa shape index (κ3) is 4.91. The van der Waals surface area contributed by atoms with E-state index >= 15 is 0 Å². The quantitative estimate of drug-likeness (QED) is 0.523. The summed E-state index contributed by atoms with van der Waals surface area (Å²) in [5.41, 5.74) is 0. The number of sulfonamides is 1. The number of rotatable bonds is 7. The first-order chi connectivity index (χ1) is 11.9. The van der Waals surface area contributed by atoms with E-state index in [2.05, 4.69) is 4.98 Å². The maximum Gasteiger partial charge on any atom is 0.246 e. The number of methoxy groups -OCH3 is 1. The summed E-state index contributed by atoms with van der Waals surface area (Å²) >= 11 is 5.92. The van der Waals surface area contributed by atoms with Crippen LogP contribution in [-0.2, 0) is 19.6 Å². The van der Waals surface area contributed by atoms with E-state index in [9.17, 15) is 13.2 Å². The largest absolute Gasteiger partial charge is 0.385 e. The first-order valence-electron chi connectivity index (χ1n) is 8.22. The van der Waals surface area contributed by atoms with E-state index in [0.29, 0.717) is 39.1 Å². The maximum absolute atomic E-state index is 12.7. The SMILES string of the molecule is COCCCN(C)C(=O)C1CCN(S(=O)(=O)c2cccnc2Cl)CC1. The molecular formula is C16H24ClN3O4S. The second-order valence-electron chi connectivity index (χ2n) is 6.08. The maximum atomic E-state index is 12.7. The number of amides is 1. The average molecular weight is 390 g/mol. The molecule has 0 unspecified atom stereocenters. The topological polar surface area (TPSA) is 79.8 Å². The number of halogens is 1. The highest BCUT2D eigenvalue weighted by Crippen LogP contribution is 2.27. The molecule has 2 heterocycles. The lowest BCUT2D eigenvalue weighted by Crippen LogP contribution is -2.43. The Labute approximate surface area is 154 Å². The molecule has 0 aromatic carbocycles. The highest BCUT2D eigenvalue weighted by Gasteiger charge is 2.34. The van der Waals surface area contributed by atoms with Gasteiger partial charge < -0.3 is 9.64 Å². The van der Waals surface area contributed by atoms with Crippen LogP contribution in [0.5, 0.6) is 0 Å². The summed E-state index contributed by atoms with van der Waals surface area (Å²) in [6.07, 6.45) is 3.24. The molecule has 0 saturated carbocycles. The van der Waals surface area contributed by atoms with Gasteiger partial charge in [-0.3, -0.25) is 4.79 Å². The van der Waals surface area contributed by atoms with Crippen molar-refractivity contribution < 1.29 is 17.9 Å². The molecule has 0 spiro atoms. The van der Waals surface area contributed by atoms with Crippen LogP contribution in [-0.4, -0.2) is 68.9 Å². The summed E-state index contributed by atoms with van der Waals surface area (Å²) < 4.78 is 31.7. The van der Waals surface area contributed by atoms with Gasteiger partial charge in [-0.1, -0.05) is 11.6 Å². The van der Waals surface area contributed by atoms with E-state index in [-0.39, 0.29) is 21.9 Å². The molecular weight excluding hydrogens is 366 g/mol. The van der Waals surface area contributed by atoms with Crippen LogP contribution in [0.2, 0.25) is 5.15 Å². The fourth-order valence-corrected chi connectivity index (χ4v) is 4.81. The van der Waals surface area contributed by atoms with Gasteiger partial charge in [0.25, 0.3) is 0 Å². The van der Waals surface area contributed by atoms with Gasteiger partial charge in [0.15, 0.2) is 0 Å². The lowest BCUT2D eigenvalue weighted by Gasteiger charge is -2.32. The lowest BCUT2D eigenvalue weighted by molar-refractivity contribution is -0.135. The van der Waals surface area contributed by atoms with Gasteiger partial charge in [-0.15, -0.1) is 0 Å². The number of hydrogen-bond acceptors (Lipinski definition) is 5. The van der Waals surface area contributed by atoms with Gasteiger partial charge in [-0.2, -0.15) is 4.31 Å². The molecule has 0 aliphatic carbocycles. The number of carbonyl (C=O) groups excluding carboxylic acids is 1. The van der Waals surface area contributed by atoms with Crippen molar-refractivity contribution in [2.45, 2.75) is 24.2 Å². The summed E-state index contributed by atoms with van der Waals surface area (Å²) in [5, 5.41) is -0.0291. The van der Waals surface area contributed by atoms with Crippen LogP contribution in [0.1, 0.15) is 19.3 Å². The minimum Gasteiger partial charge on any atom is -0.385 e. The minimum atomic E-state index is -3.68. The molecule has 0 atom stereocenters. The molecule has 2 rings (SSSR count). The second-order valence-corrected chi connectivity index (χ2v) is 8.34. The average Bonchev–Trinajstić information content (AvgIpc) is 2.61. The molecule has 1 aromatic rings. The van der Waals surface area contributed by atoms with Crippen LogP contribution < -0.4 is 0 Å². The molecule has 1 aliphatic heterocycles. The van der Waals surface area contributed by atoms with Crippen molar-refractivity contribution in [1.82, 2.24) is 14.2 Å². The predicted molar refractivity (Wildman–Crippen MR) is 94.9 cm³/mol. The summed E-state index contributed by atoms with van der Waals surface area (Å²) in [7, 11) is -0.276. The first-order valence-corrected chi connectivity index (χ1v) is 10.0. The van der Waals surface area contributed by atoms with Crippen molar-refractivity contribution in [3.8, 4) is 0 Å². The van der Waals surface area contributed by atoms with Crippen LogP contribution in [0, 0.1) is 5.92 Å². The molecule has 7 nitrogen and oxygen atoms in total. The molecule has 1 amide bonds. The van der Waals surface area contributed by atoms with Gasteiger partial charge in [0.05, 0.1) is 0 Å². The van der Waals surface area contributed by atoms with Gasteiger partial charge in [-0.05, 0) is 31.4 Å². The van der Waals surface area contributed by atoms with Crippen LogP contribution in [0.4, 0.5) is 0 Å². The lowest BCUT2D eigenvalue weighted by atomic mass is 9.96. The Morgan fingerprint density at radius 3 is 2.72 bits per heavy atom. The molecule has 0 bridgehead atoms. The van der Waals surface area contributed by atoms with Gasteiger partial charge in [0, 0.05) is 52.5 Å². The molecule has 0 N–H and O–H groups in total. The first kappa shape index (κ1) is 20.1. The molecule has 25 heavy (non-hydrogen) atoms. The Bertz CT molecular complexity index is 690. The Morgan fingerprint density at radius 1 is 1.44 bits per heavy atom. The minimum absolute atomic E-state index is 0.0122. The van der Waals surface area contributed by atoms with Crippen molar-refractivity contribution in [2.75, 3.05) is 40.4 Å². The van der Waals surface area contributed by atoms with E-state index in [1.54, 1.807) is 25.1 Å². The zero-order valence-corrected chi connectivity index (χ0v) is 16.1. The highest BCUT2D eigenvalue weighted by atomic mass is 35.5. The van der Waals surface area contributed by atoms with E-state index < -0.39 is 10.0 Å². The third-order valence-corrected chi connectivity index (χ3v) is 6.71. The van der Waals surface area contributed by atoms with E-state index in [4.69, 9.17) is 16.3 Å². The Hall–Kier alpha value is -1.22. The van der Waals surface area contributed by atoms with Crippen molar-refractivity contribution in [3.05, 3.63) is 23.5 Å². The second kappa shape index (κ2) is 8.93. The number of piperidine rings is 1. The van der Waals surface area contributed by atoms with E-state index in [1.807, 2.05) is 0 Å². The van der Waals surface area contributed by atoms with Gasteiger partial charge in [-0.25, -0.2) is 13.4 Å². The fourth-order valence-electron chi connectivity index (χ4n) is 2.91. The van der Waals surface area contributed by atoms with Crippen molar-refractivity contribution in [1.29, 1.82) is 0 Å². The Kier molecular flexibility index (Phi) is 7.18. The zero-order valence-electron chi connectivity index (χ0n) is 14.5. The van der Waals surface area contributed by atoms with E-state index in [0.717, 1.165) is 6.42 Å². The molecule has 1 aromatic heterocycles. The van der Waals surface area contributed by atoms with Crippen molar-refractivity contribution >= 4 is 27.5 Å². The molecule has 1 aliphatic rings. The summed E-state index contributed by atoms with van der Waals surface area (Å²) in [5.74, 6) is -0.0871. The summed E-state index contributed by atoms with van der Waals surface area (Å²) in [4.78, 5) is 18.0. The normalized spacial score (nSPS) is 16.8. The fraction of sp³-hybridized carbons (Fsp3) is 0.625. The smallest absolute Gasteiger partial charge is 0.246 e. The van der Waals surface area contributed by atoms with Crippen LogP contribution in [0.25, 0.3) is 0 Å². The molecule has 140 valence electrons. The van der Waals surface area contributed by atoms with Gasteiger partial charge in [0.1, 0.15) is 10.0 Å². The van der Waals surface area contributed by atoms with Gasteiger partial charge >= 0.3 is 0 Å². The number of hydrogen-bond donors (Lipinski definition) is 0. The van der Waals surface area contributed by atoms with Crippen LogP contribution in [0.3, 0.4) is 0 Å². The standard InChI is InChI=1S/C16H24ClN3O4S/c1-19(9-4-12-24-2)16(21)13-6-10-20(11-7-13)25(22,23)14-5-3-8-18-15(14)17/h3,5,8,13H,4,6-7,9-12H2,1-2H3. The Balaban J connectivity index is 1.95. The number of aromatic nitrogens is 1. The Morgan fingerprint density at radius 2 is 2.12 bits per heavy atom. The number of nitrogens with zero attached hydrogens (tertiary/aromatic N) is 3. The molecule has 0 radical (unpaired) electrons.